The lowest BCUT2D eigenvalue weighted by molar-refractivity contribution is 0.310. The van der Waals surface area contributed by atoms with Crippen molar-refractivity contribution in [1.29, 1.82) is 0 Å². The van der Waals surface area contributed by atoms with Gasteiger partial charge in [0.2, 0.25) is 0 Å². The Morgan fingerprint density at radius 2 is 1.74 bits per heavy atom. The first kappa shape index (κ1) is 23.5. The number of nitrogen functional groups attached to an aromatic ring is 1. The van der Waals surface area contributed by atoms with Crippen molar-refractivity contribution in [3.05, 3.63) is 48.3 Å². The maximum Gasteiger partial charge on any atom is 0.175 e. The lowest BCUT2D eigenvalue weighted by Gasteiger charge is -2.13. The molecular weight excluding hydrogens is 454 g/mol. The van der Waals surface area contributed by atoms with Gasteiger partial charge in [0.05, 0.1) is 32.8 Å². The minimum absolute atomic E-state index is 0.339. The van der Waals surface area contributed by atoms with E-state index < -0.39 is 0 Å². The topological polar surface area (TPSA) is 107 Å². The summed E-state index contributed by atoms with van der Waals surface area (Å²) in [6.07, 6.45) is 2.18. The molecule has 0 aliphatic rings. The van der Waals surface area contributed by atoms with Gasteiger partial charge in [-0.1, -0.05) is 6.07 Å². The average molecular weight is 482 g/mol. The predicted molar refractivity (Wildman–Crippen MR) is 131 cm³/mol. The van der Waals surface area contributed by atoms with E-state index in [9.17, 15) is 0 Å². The first-order valence-electron chi connectivity index (χ1n) is 10.7. The van der Waals surface area contributed by atoms with Crippen LogP contribution in [0.5, 0.6) is 23.0 Å². The fraction of sp³-hybridized carbons (Fsp3) is 0.292. The summed E-state index contributed by atoms with van der Waals surface area (Å²) < 4.78 is 24.1. The third kappa shape index (κ3) is 4.81. The fourth-order valence-electron chi connectivity index (χ4n) is 3.56. The summed E-state index contributed by atoms with van der Waals surface area (Å²) in [5.74, 6) is 3.22. The summed E-state index contributed by atoms with van der Waals surface area (Å²) >= 11 is 1.46. The van der Waals surface area contributed by atoms with Crippen molar-refractivity contribution in [3.8, 4) is 23.0 Å². The number of hydrogen-bond donors (Lipinski definition) is 1. The standard InChI is InChI=1S/C24H27N5O4S/c1-5-33-19-12-15(6-8-17(19)31-3)10-11-29-23-21(22(25)26-14-27-23)28-24(29)34-20-13-16(30-2)7-9-18(20)32-4/h6-9,12-14H,5,10-11H2,1-4H3,(H2,25,26,27). The zero-order chi connectivity index (χ0) is 24.1. The molecule has 0 saturated carbocycles. The molecule has 0 bridgehead atoms. The van der Waals surface area contributed by atoms with Crippen molar-refractivity contribution in [2.45, 2.75) is 29.9 Å². The molecule has 2 heterocycles. The van der Waals surface area contributed by atoms with Gasteiger partial charge in [-0.2, -0.15) is 0 Å². The van der Waals surface area contributed by atoms with E-state index in [-0.39, 0.29) is 0 Å². The minimum Gasteiger partial charge on any atom is -0.497 e. The summed E-state index contributed by atoms with van der Waals surface area (Å²) in [6.45, 7) is 3.13. The van der Waals surface area contributed by atoms with E-state index in [0.717, 1.165) is 39.3 Å². The van der Waals surface area contributed by atoms with Gasteiger partial charge in [-0.3, -0.25) is 0 Å². The van der Waals surface area contributed by atoms with Crippen LogP contribution in [-0.4, -0.2) is 47.5 Å². The van der Waals surface area contributed by atoms with Crippen LogP contribution in [0.15, 0.2) is 52.8 Å². The molecule has 0 aliphatic carbocycles. The number of nitrogens with zero attached hydrogens (tertiary/aromatic N) is 4. The summed E-state index contributed by atoms with van der Waals surface area (Å²) in [5, 5.41) is 0.729. The summed E-state index contributed by atoms with van der Waals surface area (Å²) in [6, 6.07) is 11.6. The van der Waals surface area contributed by atoms with E-state index in [1.807, 2.05) is 47.9 Å². The van der Waals surface area contributed by atoms with Gasteiger partial charge >= 0.3 is 0 Å². The Balaban J connectivity index is 1.70. The molecule has 0 radical (unpaired) electrons. The van der Waals surface area contributed by atoms with Crippen LogP contribution < -0.4 is 24.7 Å². The normalized spacial score (nSPS) is 10.9. The number of imidazole rings is 1. The smallest absolute Gasteiger partial charge is 0.175 e. The maximum absolute atomic E-state index is 6.11. The number of nitrogens with two attached hydrogens (primary N) is 1. The molecule has 0 aliphatic heterocycles. The lowest BCUT2D eigenvalue weighted by atomic mass is 10.1. The van der Waals surface area contributed by atoms with Crippen molar-refractivity contribution >= 4 is 28.7 Å². The van der Waals surface area contributed by atoms with E-state index in [4.69, 9.17) is 29.7 Å². The molecule has 178 valence electrons. The molecule has 0 spiro atoms. The van der Waals surface area contributed by atoms with E-state index in [2.05, 4.69) is 9.97 Å². The molecule has 0 fully saturated rings. The van der Waals surface area contributed by atoms with Gasteiger partial charge in [-0.05, 0) is 61.0 Å². The van der Waals surface area contributed by atoms with Gasteiger partial charge in [0, 0.05) is 6.54 Å². The van der Waals surface area contributed by atoms with Crippen LogP contribution in [-0.2, 0) is 13.0 Å². The summed E-state index contributed by atoms with van der Waals surface area (Å²) in [4.78, 5) is 14.2. The Morgan fingerprint density at radius 1 is 0.941 bits per heavy atom. The SMILES string of the molecule is CCOc1cc(CCn2c(Sc3cc(OC)ccc3OC)nc3c(N)ncnc32)ccc1OC. The molecular formula is C24H27N5O4S. The van der Waals surface area contributed by atoms with E-state index in [1.54, 1.807) is 21.3 Å². The number of benzene rings is 2. The molecule has 10 heteroatoms. The van der Waals surface area contributed by atoms with Gasteiger partial charge in [0.1, 0.15) is 17.8 Å². The number of aryl methyl sites for hydroxylation is 2. The Hall–Kier alpha value is -3.66. The van der Waals surface area contributed by atoms with Gasteiger partial charge in [-0.25, -0.2) is 15.0 Å². The van der Waals surface area contributed by atoms with E-state index in [1.165, 1.54) is 18.1 Å². The molecule has 0 atom stereocenters. The fourth-order valence-corrected chi connectivity index (χ4v) is 4.61. The van der Waals surface area contributed by atoms with Crippen molar-refractivity contribution in [1.82, 2.24) is 19.5 Å². The zero-order valence-corrected chi connectivity index (χ0v) is 20.4. The number of methoxy groups -OCH3 is 3. The second-order valence-corrected chi connectivity index (χ2v) is 8.27. The Labute approximate surface area is 202 Å². The van der Waals surface area contributed by atoms with Crippen LogP contribution in [0.1, 0.15) is 12.5 Å². The molecule has 0 unspecified atom stereocenters. The van der Waals surface area contributed by atoms with Crippen molar-refractivity contribution in [3.63, 3.8) is 0 Å². The van der Waals surface area contributed by atoms with Crippen LogP contribution in [0.3, 0.4) is 0 Å². The Bertz CT molecular complexity index is 1290. The average Bonchev–Trinajstić information content (AvgIpc) is 3.21. The third-order valence-electron chi connectivity index (χ3n) is 5.25. The van der Waals surface area contributed by atoms with Gasteiger partial charge in [0.15, 0.2) is 33.6 Å². The molecule has 2 N–H and O–H groups in total. The summed E-state index contributed by atoms with van der Waals surface area (Å²) in [5.41, 5.74) is 8.46. The first-order valence-corrected chi connectivity index (χ1v) is 11.6. The zero-order valence-electron chi connectivity index (χ0n) is 19.6. The molecule has 0 amide bonds. The molecule has 2 aromatic carbocycles. The van der Waals surface area contributed by atoms with Crippen LogP contribution in [0.2, 0.25) is 0 Å². The summed E-state index contributed by atoms with van der Waals surface area (Å²) in [7, 11) is 4.90. The number of ether oxygens (including phenoxy) is 4. The van der Waals surface area contributed by atoms with Crippen LogP contribution in [0.4, 0.5) is 5.82 Å². The molecule has 4 aromatic rings. The number of anilines is 1. The molecule has 0 saturated heterocycles. The third-order valence-corrected chi connectivity index (χ3v) is 6.28. The minimum atomic E-state index is 0.339. The van der Waals surface area contributed by atoms with E-state index >= 15 is 0 Å². The number of rotatable bonds is 10. The van der Waals surface area contributed by atoms with Crippen molar-refractivity contribution in [2.75, 3.05) is 33.7 Å². The number of hydrogen-bond acceptors (Lipinski definition) is 9. The second kappa shape index (κ2) is 10.5. The second-order valence-electron chi connectivity index (χ2n) is 7.26. The number of aromatic nitrogens is 4. The Kier molecular flexibility index (Phi) is 7.27. The number of fused-ring (bicyclic) bond motifs is 1. The highest BCUT2D eigenvalue weighted by molar-refractivity contribution is 7.99. The molecule has 4 rings (SSSR count). The quantitative estimate of drug-likeness (QED) is 0.356. The molecule has 9 nitrogen and oxygen atoms in total. The highest BCUT2D eigenvalue weighted by atomic mass is 32.2. The maximum atomic E-state index is 6.11. The van der Waals surface area contributed by atoms with Gasteiger partial charge in [-0.15, -0.1) is 0 Å². The molecule has 34 heavy (non-hydrogen) atoms. The lowest BCUT2D eigenvalue weighted by Crippen LogP contribution is -2.05. The molecule has 2 aromatic heterocycles. The van der Waals surface area contributed by atoms with Crippen LogP contribution >= 0.6 is 11.8 Å². The highest BCUT2D eigenvalue weighted by Gasteiger charge is 2.18. The van der Waals surface area contributed by atoms with Crippen LogP contribution in [0, 0.1) is 0 Å². The first-order chi connectivity index (χ1) is 16.6. The predicted octanol–water partition coefficient (Wildman–Crippen LogP) is 4.23. The van der Waals surface area contributed by atoms with Gasteiger partial charge in [0.25, 0.3) is 0 Å². The Morgan fingerprint density at radius 3 is 2.47 bits per heavy atom. The highest BCUT2D eigenvalue weighted by Crippen LogP contribution is 2.38. The largest absolute Gasteiger partial charge is 0.497 e. The van der Waals surface area contributed by atoms with Crippen LogP contribution in [0.25, 0.3) is 11.2 Å². The van der Waals surface area contributed by atoms with Crippen molar-refractivity contribution in [2.24, 2.45) is 0 Å². The monoisotopic (exact) mass is 481 g/mol. The van der Waals surface area contributed by atoms with Gasteiger partial charge < -0.3 is 29.2 Å². The van der Waals surface area contributed by atoms with Crippen molar-refractivity contribution < 1.29 is 18.9 Å². The van der Waals surface area contributed by atoms with E-state index in [0.29, 0.717) is 35.9 Å².